The highest BCUT2D eigenvalue weighted by atomic mass is 15.3. The first-order chi connectivity index (χ1) is 15.1. The van der Waals surface area contributed by atoms with Crippen LogP contribution >= 0.6 is 0 Å². The summed E-state index contributed by atoms with van der Waals surface area (Å²) in [7, 11) is 0. The highest BCUT2D eigenvalue weighted by Crippen LogP contribution is 2.19. The summed E-state index contributed by atoms with van der Waals surface area (Å²) in [4.78, 5) is 4.34. The molecule has 0 aliphatic rings. The average Bonchev–Trinajstić information content (AvgIpc) is 3.11. The number of hydrogen-bond acceptors (Lipinski definition) is 5. The zero-order chi connectivity index (χ0) is 21.6. The second-order valence-electron chi connectivity index (χ2n) is 7.11. The van der Waals surface area contributed by atoms with Gasteiger partial charge >= 0.3 is 0 Å². The Labute approximate surface area is 180 Å². The molecular formula is C23H24N8. The summed E-state index contributed by atoms with van der Waals surface area (Å²) < 4.78 is 1.80. The van der Waals surface area contributed by atoms with E-state index in [0.29, 0.717) is 18.2 Å². The van der Waals surface area contributed by atoms with Gasteiger partial charge in [0.2, 0.25) is 0 Å². The topological polar surface area (TPSA) is 120 Å². The van der Waals surface area contributed by atoms with Gasteiger partial charge in [-0.2, -0.15) is 10.1 Å². The largest absolute Gasteiger partial charge is 0.384 e. The fourth-order valence-corrected chi connectivity index (χ4v) is 3.27. The maximum Gasteiger partial charge on any atom is 0.199 e. The third kappa shape index (κ3) is 5.05. The second-order valence-corrected chi connectivity index (χ2v) is 7.11. The normalized spacial score (nSPS) is 11.5. The van der Waals surface area contributed by atoms with Crippen LogP contribution in [0.3, 0.4) is 0 Å². The van der Waals surface area contributed by atoms with Crippen molar-refractivity contribution in [2.24, 2.45) is 10.7 Å². The van der Waals surface area contributed by atoms with Gasteiger partial charge in [-0.05, 0) is 37.1 Å². The van der Waals surface area contributed by atoms with Gasteiger partial charge in [0.15, 0.2) is 11.8 Å². The number of para-hydroxylation sites is 1. The van der Waals surface area contributed by atoms with Gasteiger partial charge in [0.25, 0.3) is 0 Å². The molecule has 4 rings (SSSR count). The maximum absolute atomic E-state index is 6.12. The Bertz CT molecular complexity index is 1180. The summed E-state index contributed by atoms with van der Waals surface area (Å²) in [6.07, 6.45) is 0.743. The maximum atomic E-state index is 6.12. The van der Waals surface area contributed by atoms with Crippen molar-refractivity contribution >= 4 is 23.3 Å². The molecule has 0 aliphatic heterocycles. The van der Waals surface area contributed by atoms with Gasteiger partial charge in [-0.25, -0.2) is 4.68 Å². The van der Waals surface area contributed by atoms with Crippen LogP contribution in [0.4, 0.5) is 17.3 Å². The minimum atomic E-state index is 0.239. The number of nitrogens with zero attached hydrogens (tertiary/aromatic N) is 5. The van der Waals surface area contributed by atoms with E-state index in [1.807, 2.05) is 73.7 Å². The van der Waals surface area contributed by atoms with Crippen LogP contribution < -0.4 is 16.8 Å². The number of aromatic nitrogens is 4. The monoisotopic (exact) mass is 412 g/mol. The van der Waals surface area contributed by atoms with Crippen molar-refractivity contribution in [2.75, 3.05) is 11.1 Å². The van der Waals surface area contributed by atoms with Gasteiger partial charge in [-0.3, -0.25) is 0 Å². The Morgan fingerprint density at radius 3 is 2.48 bits per heavy atom. The molecule has 0 saturated carbocycles. The highest BCUT2D eigenvalue weighted by molar-refractivity contribution is 5.94. The number of nitrogen functional groups attached to an aromatic ring is 1. The lowest BCUT2D eigenvalue weighted by atomic mass is 10.1. The number of nitrogens with two attached hydrogens (primary N) is 2. The first-order valence-corrected chi connectivity index (χ1v) is 9.96. The zero-order valence-corrected chi connectivity index (χ0v) is 17.2. The van der Waals surface area contributed by atoms with Crippen molar-refractivity contribution in [1.29, 1.82) is 0 Å². The number of nitrogens with one attached hydrogen (secondary N) is 1. The van der Waals surface area contributed by atoms with Crippen molar-refractivity contribution in [3.8, 4) is 11.3 Å². The SMILES string of the molecule is Cc1cc(N)n(CCc2ccccc2NC(N)=Nc2ccc(-c3ccccc3)nn2)n1. The Morgan fingerprint density at radius 1 is 1.00 bits per heavy atom. The van der Waals surface area contributed by atoms with Crippen LogP contribution in [0.5, 0.6) is 0 Å². The van der Waals surface area contributed by atoms with E-state index >= 15 is 0 Å². The van der Waals surface area contributed by atoms with Crippen molar-refractivity contribution in [3.05, 3.63) is 84.1 Å². The summed E-state index contributed by atoms with van der Waals surface area (Å²) in [5.74, 6) is 1.33. The average molecular weight is 413 g/mol. The molecule has 5 N–H and O–H groups in total. The molecule has 8 nitrogen and oxygen atoms in total. The van der Waals surface area contributed by atoms with Crippen molar-refractivity contribution < 1.29 is 0 Å². The van der Waals surface area contributed by atoms with Gasteiger partial charge in [0.1, 0.15) is 5.82 Å². The number of hydrogen-bond donors (Lipinski definition) is 3. The molecule has 0 unspecified atom stereocenters. The van der Waals surface area contributed by atoms with Crippen LogP contribution in [-0.4, -0.2) is 25.9 Å². The van der Waals surface area contributed by atoms with Crippen LogP contribution in [0, 0.1) is 6.92 Å². The van der Waals surface area contributed by atoms with E-state index in [1.165, 1.54) is 0 Å². The molecule has 31 heavy (non-hydrogen) atoms. The number of benzene rings is 2. The molecule has 8 heteroatoms. The molecule has 0 amide bonds. The Hall–Kier alpha value is -4.20. The fraction of sp³-hybridized carbons (Fsp3) is 0.130. The minimum absolute atomic E-state index is 0.239. The van der Waals surface area contributed by atoms with E-state index < -0.39 is 0 Å². The number of aryl methyl sites for hydroxylation is 3. The number of rotatable bonds is 6. The number of anilines is 2. The lowest BCUT2D eigenvalue weighted by molar-refractivity contribution is 0.619. The third-order valence-corrected chi connectivity index (χ3v) is 4.76. The molecule has 0 bridgehead atoms. The zero-order valence-electron chi connectivity index (χ0n) is 17.2. The highest BCUT2D eigenvalue weighted by Gasteiger charge is 2.07. The van der Waals surface area contributed by atoms with E-state index in [9.17, 15) is 0 Å². The van der Waals surface area contributed by atoms with E-state index in [4.69, 9.17) is 11.5 Å². The molecule has 2 aromatic carbocycles. The molecule has 0 radical (unpaired) electrons. The fourth-order valence-electron chi connectivity index (χ4n) is 3.27. The third-order valence-electron chi connectivity index (χ3n) is 4.76. The predicted molar refractivity (Wildman–Crippen MR) is 124 cm³/mol. The molecule has 0 aliphatic carbocycles. The summed E-state index contributed by atoms with van der Waals surface area (Å²) in [5, 5.41) is 16.0. The van der Waals surface area contributed by atoms with E-state index in [1.54, 1.807) is 10.7 Å². The summed E-state index contributed by atoms with van der Waals surface area (Å²) >= 11 is 0. The first-order valence-electron chi connectivity index (χ1n) is 9.96. The van der Waals surface area contributed by atoms with Gasteiger partial charge in [-0.1, -0.05) is 48.5 Å². The lowest BCUT2D eigenvalue weighted by Gasteiger charge is -2.12. The van der Waals surface area contributed by atoms with Crippen LogP contribution in [0.25, 0.3) is 11.3 Å². The van der Waals surface area contributed by atoms with E-state index in [2.05, 4.69) is 25.6 Å². The number of guanidine groups is 1. The van der Waals surface area contributed by atoms with E-state index in [0.717, 1.165) is 34.6 Å². The number of aliphatic imine (C=N–C) groups is 1. The molecule has 156 valence electrons. The van der Waals surface area contributed by atoms with Crippen molar-refractivity contribution in [3.63, 3.8) is 0 Å². The molecule has 0 spiro atoms. The summed E-state index contributed by atoms with van der Waals surface area (Å²) in [6, 6.07) is 23.3. The van der Waals surface area contributed by atoms with Crippen LogP contribution in [0.1, 0.15) is 11.3 Å². The smallest absolute Gasteiger partial charge is 0.199 e. The van der Waals surface area contributed by atoms with Crippen LogP contribution in [0.15, 0.2) is 77.8 Å². The molecule has 0 atom stereocenters. The van der Waals surface area contributed by atoms with Crippen molar-refractivity contribution in [1.82, 2.24) is 20.0 Å². The van der Waals surface area contributed by atoms with Gasteiger partial charge in [0, 0.05) is 23.9 Å². The standard InChI is InChI=1S/C23H24N8/c1-16-15-21(24)31(30-16)14-13-18-9-5-6-10-19(18)26-23(25)27-22-12-11-20(28-29-22)17-7-3-2-4-8-17/h2-12,15H,13-14,24H2,1H3,(H3,25,26,27,29). The summed E-state index contributed by atoms with van der Waals surface area (Å²) in [6.45, 7) is 2.59. The second kappa shape index (κ2) is 9.08. The molecule has 2 aromatic heterocycles. The minimum Gasteiger partial charge on any atom is -0.384 e. The molecular weight excluding hydrogens is 388 g/mol. The van der Waals surface area contributed by atoms with E-state index in [-0.39, 0.29) is 5.96 Å². The van der Waals surface area contributed by atoms with Gasteiger partial charge < -0.3 is 16.8 Å². The summed E-state index contributed by atoms with van der Waals surface area (Å²) in [5.41, 5.74) is 16.8. The Balaban J connectivity index is 1.45. The lowest BCUT2D eigenvalue weighted by Crippen LogP contribution is -2.23. The molecule has 0 saturated heterocycles. The molecule has 0 fully saturated rings. The van der Waals surface area contributed by atoms with Crippen LogP contribution in [0.2, 0.25) is 0 Å². The first kappa shape index (κ1) is 20.1. The van der Waals surface area contributed by atoms with Gasteiger partial charge in [-0.15, -0.1) is 10.2 Å². The molecule has 4 aromatic rings. The Morgan fingerprint density at radius 2 is 1.77 bits per heavy atom. The van der Waals surface area contributed by atoms with Gasteiger partial charge in [0.05, 0.1) is 11.4 Å². The molecule has 2 heterocycles. The van der Waals surface area contributed by atoms with Crippen LogP contribution in [-0.2, 0) is 13.0 Å². The van der Waals surface area contributed by atoms with Crippen molar-refractivity contribution in [2.45, 2.75) is 19.9 Å². The quantitative estimate of drug-likeness (QED) is 0.329. The predicted octanol–water partition coefficient (Wildman–Crippen LogP) is 3.53. The Kier molecular flexibility index (Phi) is 5.89.